The first-order valence-electron chi connectivity index (χ1n) is 6.40. The summed E-state index contributed by atoms with van der Waals surface area (Å²) < 4.78 is 9.99. The minimum Gasteiger partial charge on any atom is -0.472 e. The van der Waals surface area contributed by atoms with E-state index in [0.717, 1.165) is 11.3 Å². The van der Waals surface area contributed by atoms with E-state index in [1.54, 1.807) is 31.6 Å². The fourth-order valence-corrected chi connectivity index (χ4v) is 1.99. The monoisotopic (exact) mass is 274 g/mol. The van der Waals surface area contributed by atoms with Crippen LogP contribution in [0.25, 0.3) is 0 Å². The number of nitrogen functional groups attached to an aromatic ring is 1. The first-order valence-corrected chi connectivity index (χ1v) is 6.40. The van der Waals surface area contributed by atoms with Gasteiger partial charge in [0.15, 0.2) is 0 Å². The SMILES string of the molecule is CCOC(=O)c1ccc(N(C)Cc2ccoc2)c(N)c1. The Kier molecular flexibility index (Phi) is 4.30. The van der Waals surface area contributed by atoms with Crippen LogP contribution in [-0.2, 0) is 11.3 Å². The van der Waals surface area contributed by atoms with Gasteiger partial charge in [0.25, 0.3) is 0 Å². The molecule has 0 saturated carbocycles. The van der Waals surface area contributed by atoms with Gasteiger partial charge in [0.05, 0.1) is 36.1 Å². The summed E-state index contributed by atoms with van der Waals surface area (Å²) in [4.78, 5) is 13.6. The third-order valence-corrected chi connectivity index (χ3v) is 2.95. The van der Waals surface area contributed by atoms with Crippen LogP contribution in [0.1, 0.15) is 22.8 Å². The maximum atomic E-state index is 11.6. The van der Waals surface area contributed by atoms with Crippen LogP contribution < -0.4 is 10.6 Å². The molecule has 2 N–H and O–H groups in total. The zero-order valence-electron chi connectivity index (χ0n) is 11.6. The summed E-state index contributed by atoms with van der Waals surface area (Å²) in [7, 11) is 1.93. The molecule has 0 amide bonds. The molecule has 1 heterocycles. The van der Waals surface area contributed by atoms with E-state index in [1.165, 1.54) is 0 Å². The highest BCUT2D eigenvalue weighted by Gasteiger charge is 2.11. The summed E-state index contributed by atoms with van der Waals surface area (Å²) in [5.41, 5.74) is 8.94. The Bertz CT molecular complexity index is 579. The van der Waals surface area contributed by atoms with Gasteiger partial charge >= 0.3 is 5.97 Å². The van der Waals surface area contributed by atoms with Crippen LogP contribution >= 0.6 is 0 Å². The summed E-state index contributed by atoms with van der Waals surface area (Å²) in [6.45, 7) is 2.80. The van der Waals surface area contributed by atoms with Crippen molar-refractivity contribution in [3.63, 3.8) is 0 Å². The summed E-state index contributed by atoms with van der Waals surface area (Å²) >= 11 is 0. The van der Waals surface area contributed by atoms with E-state index in [0.29, 0.717) is 24.4 Å². The van der Waals surface area contributed by atoms with Crippen molar-refractivity contribution in [3.05, 3.63) is 47.9 Å². The predicted molar refractivity (Wildman–Crippen MR) is 77.6 cm³/mol. The molecule has 1 aromatic heterocycles. The average Bonchev–Trinajstić information content (AvgIpc) is 2.91. The van der Waals surface area contributed by atoms with E-state index >= 15 is 0 Å². The minimum atomic E-state index is -0.358. The molecule has 106 valence electrons. The van der Waals surface area contributed by atoms with Crippen LogP contribution in [-0.4, -0.2) is 19.6 Å². The molecular formula is C15H18N2O3. The number of furan rings is 1. The quantitative estimate of drug-likeness (QED) is 0.670. The first kappa shape index (κ1) is 14.0. The fraction of sp³-hybridized carbons (Fsp3) is 0.267. The maximum absolute atomic E-state index is 11.6. The molecule has 0 radical (unpaired) electrons. The summed E-state index contributed by atoms with van der Waals surface area (Å²) in [5, 5.41) is 0. The lowest BCUT2D eigenvalue weighted by Crippen LogP contribution is -2.18. The molecule has 0 aliphatic rings. The Morgan fingerprint density at radius 2 is 2.20 bits per heavy atom. The number of nitrogens with two attached hydrogens (primary N) is 1. The molecule has 0 bridgehead atoms. The van der Waals surface area contributed by atoms with Gasteiger partial charge < -0.3 is 19.8 Å². The standard InChI is InChI=1S/C15H18N2O3/c1-3-20-15(18)12-4-5-14(13(16)8-12)17(2)9-11-6-7-19-10-11/h4-8,10H,3,9,16H2,1-2H3. The van der Waals surface area contributed by atoms with E-state index < -0.39 is 0 Å². The fourth-order valence-electron chi connectivity index (χ4n) is 1.99. The minimum absolute atomic E-state index is 0.348. The van der Waals surface area contributed by atoms with E-state index in [2.05, 4.69) is 0 Å². The van der Waals surface area contributed by atoms with Gasteiger partial charge in [0, 0.05) is 19.2 Å². The zero-order chi connectivity index (χ0) is 14.5. The zero-order valence-corrected chi connectivity index (χ0v) is 11.6. The van der Waals surface area contributed by atoms with Crippen LogP contribution in [0, 0.1) is 0 Å². The Balaban J connectivity index is 2.14. The normalized spacial score (nSPS) is 10.3. The third-order valence-electron chi connectivity index (χ3n) is 2.95. The van der Waals surface area contributed by atoms with Gasteiger partial charge in [-0.1, -0.05) is 0 Å². The molecule has 0 spiro atoms. The predicted octanol–water partition coefficient (Wildman–Crippen LogP) is 2.67. The number of rotatable bonds is 5. The number of anilines is 2. The lowest BCUT2D eigenvalue weighted by Gasteiger charge is -2.20. The maximum Gasteiger partial charge on any atom is 0.338 e. The Labute approximate surface area is 117 Å². The third kappa shape index (κ3) is 3.12. The van der Waals surface area contributed by atoms with Gasteiger partial charge in [-0.25, -0.2) is 4.79 Å². The molecule has 5 heteroatoms. The average molecular weight is 274 g/mol. The Hall–Kier alpha value is -2.43. The van der Waals surface area contributed by atoms with Gasteiger partial charge in [-0.3, -0.25) is 0 Å². The van der Waals surface area contributed by atoms with E-state index in [4.69, 9.17) is 14.9 Å². The lowest BCUT2D eigenvalue weighted by atomic mass is 10.1. The lowest BCUT2D eigenvalue weighted by molar-refractivity contribution is 0.0526. The molecule has 5 nitrogen and oxygen atoms in total. The van der Waals surface area contributed by atoms with Gasteiger partial charge in [0.1, 0.15) is 0 Å². The Morgan fingerprint density at radius 1 is 1.40 bits per heavy atom. The van der Waals surface area contributed by atoms with Crippen LogP contribution in [0.5, 0.6) is 0 Å². The van der Waals surface area contributed by atoms with E-state index in [1.807, 2.05) is 24.1 Å². The van der Waals surface area contributed by atoms with Crippen LogP contribution in [0.3, 0.4) is 0 Å². The molecular weight excluding hydrogens is 256 g/mol. The van der Waals surface area contributed by atoms with Crippen LogP contribution in [0.2, 0.25) is 0 Å². The van der Waals surface area contributed by atoms with Crippen LogP contribution in [0.15, 0.2) is 41.2 Å². The van der Waals surface area contributed by atoms with Gasteiger partial charge in [-0.05, 0) is 31.2 Å². The summed E-state index contributed by atoms with van der Waals surface area (Å²) in [6.07, 6.45) is 3.33. The molecule has 0 unspecified atom stereocenters. The summed E-state index contributed by atoms with van der Waals surface area (Å²) in [6, 6.07) is 7.08. The highest BCUT2D eigenvalue weighted by Crippen LogP contribution is 2.25. The molecule has 2 aromatic rings. The number of hydrogen-bond donors (Lipinski definition) is 1. The molecule has 2 rings (SSSR count). The molecule has 0 aliphatic carbocycles. The molecule has 0 saturated heterocycles. The molecule has 20 heavy (non-hydrogen) atoms. The highest BCUT2D eigenvalue weighted by atomic mass is 16.5. The molecule has 0 atom stereocenters. The molecule has 0 aliphatic heterocycles. The number of ether oxygens (including phenoxy) is 1. The highest BCUT2D eigenvalue weighted by molar-refractivity contribution is 5.92. The largest absolute Gasteiger partial charge is 0.472 e. The van der Waals surface area contributed by atoms with Crippen molar-refractivity contribution in [1.29, 1.82) is 0 Å². The Morgan fingerprint density at radius 3 is 2.80 bits per heavy atom. The number of nitrogens with zero attached hydrogens (tertiary/aromatic N) is 1. The van der Waals surface area contributed by atoms with Crippen molar-refractivity contribution in [2.45, 2.75) is 13.5 Å². The van der Waals surface area contributed by atoms with E-state index in [-0.39, 0.29) is 5.97 Å². The number of esters is 1. The first-order chi connectivity index (χ1) is 9.61. The van der Waals surface area contributed by atoms with Gasteiger partial charge in [0.2, 0.25) is 0 Å². The number of benzene rings is 1. The topological polar surface area (TPSA) is 68.7 Å². The van der Waals surface area contributed by atoms with Crippen molar-refractivity contribution < 1.29 is 13.9 Å². The summed E-state index contributed by atoms with van der Waals surface area (Å²) in [5.74, 6) is -0.358. The van der Waals surface area contributed by atoms with Crippen molar-refractivity contribution in [1.82, 2.24) is 0 Å². The second kappa shape index (κ2) is 6.14. The number of hydrogen-bond acceptors (Lipinski definition) is 5. The second-order valence-corrected chi connectivity index (χ2v) is 4.48. The smallest absolute Gasteiger partial charge is 0.338 e. The van der Waals surface area contributed by atoms with Crippen LogP contribution in [0.4, 0.5) is 11.4 Å². The molecule has 0 fully saturated rings. The van der Waals surface area contributed by atoms with Crippen molar-refractivity contribution in [2.75, 3.05) is 24.3 Å². The second-order valence-electron chi connectivity index (χ2n) is 4.48. The van der Waals surface area contributed by atoms with Crippen molar-refractivity contribution in [3.8, 4) is 0 Å². The molecule has 1 aromatic carbocycles. The van der Waals surface area contributed by atoms with Gasteiger partial charge in [-0.15, -0.1) is 0 Å². The van der Waals surface area contributed by atoms with Gasteiger partial charge in [-0.2, -0.15) is 0 Å². The van der Waals surface area contributed by atoms with Crippen molar-refractivity contribution in [2.24, 2.45) is 0 Å². The van der Waals surface area contributed by atoms with E-state index in [9.17, 15) is 4.79 Å². The van der Waals surface area contributed by atoms with Crippen molar-refractivity contribution >= 4 is 17.3 Å². The number of carbonyl (C=O) groups excluding carboxylic acids is 1. The number of carbonyl (C=O) groups is 1.